The number of halogens is 3. The van der Waals surface area contributed by atoms with Crippen LogP contribution in [0.4, 0.5) is 23.7 Å². The molecule has 1 saturated carbocycles. The highest BCUT2D eigenvalue weighted by Gasteiger charge is 2.31. The van der Waals surface area contributed by atoms with Gasteiger partial charge >= 0.3 is 12.2 Å². The molecule has 1 aromatic carbocycles. The largest absolute Gasteiger partial charge is 0.494 e. The van der Waals surface area contributed by atoms with Crippen molar-refractivity contribution in [2.24, 2.45) is 0 Å². The van der Waals surface area contributed by atoms with E-state index in [0.29, 0.717) is 38.0 Å². The number of benzene rings is 1. The van der Waals surface area contributed by atoms with Gasteiger partial charge in [-0.25, -0.2) is 9.78 Å². The summed E-state index contributed by atoms with van der Waals surface area (Å²) >= 11 is 0. The number of alkyl halides is 3. The first-order valence-corrected chi connectivity index (χ1v) is 10.8. The van der Waals surface area contributed by atoms with Gasteiger partial charge in [-0.1, -0.05) is 13.3 Å². The van der Waals surface area contributed by atoms with Crippen molar-refractivity contribution in [3.05, 3.63) is 48.2 Å². The number of rotatable bonds is 8. The van der Waals surface area contributed by atoms with Crippen LogP contribution in [-0.4, -0.2) is 29.8 Å². The minimum atomic E-state index is -4.42. The Kier molecular flexibility index (Phi) is 8.19. The van der Waals surface area contributed by atoms with Crippen molar-refractivity contribution in [2.75, 3.05) is 11.9 Å². The molecule has 0 aliphatic heterocycles. The fourth-order valence-electron chi connectivity index (χ4n) is 3.43. The molecule has 0 spiro atoms. The second-order valence-electron chi connectivity index (χ2n) is 7.80. The Morgan fingerprint density at radius 3 is 2.41 bits per heavy atom. The summed E-state index contributed by atoms with van der Waals surface area (Å²) in [6.07, 6.45) is 1.06. The van der Waals surface area contributed by atoms with Gasteiger partial charge in [0, 0.05) is 24.0 Å². The predicted molar refractivity (Wildman–Crippen MR) is 115 cm³/mol. The molecule has 3 rings (SSSR count). The number of nitrogens with one attached hydrogen (secondary N) is 2. The molecule has 0 saturated heterocycles. The maximum Gasteiger partial charge on any atom is 0.417 e. The molecule has 1 aliphatic rings. The maximum absolute atomic E-state index is 12.6. The third kappa shape index (κ3) is 7.32. The monoisotopic (exact) mass is 451 g/mol. The Bertz CT molecular complexity index is 850. The maximum atomic E-state index is 12.6. The van der Waals surface area contributed by atoms with Gasteiger partial charge in [0.2, 0.25) is 5.88 Å². The zero-order valence-corrected chi connectivity index (χ0v) is 18.0. The number of carbonyl (C=O) groups excluding carboxylic acids is 1. The molecular formula is C23H28F3N3O3. The summed E-state index contributed by atoms with van der Waals surface area (Å²) in [4.78, 5) is 16.0. The highest BCUT2D eigenvalue weighted by molar-refractivity contribution is 5.89. The SMILES string of the molecule is CCCCOc1ccc(NC(=O)NC2CCC(Oc3ccc(C(F)(F)F)cn3)CC2)cc1. The molecule has 0 bridgehead atoms. The molecule has 2 amide bonds. The van der Waals surface area contributed by atoms with Gasteiger partial charge in [-0.2, -0.15) is 13.2 Å². The third-order valence-electron chi connectivity index (χ3n) is 5.24. The summed E-state index contributed by atoms with van der Waals surface area (Å²) in [7, 11) is 0. The molecule has 9 heteroatoms. The predicted octanol–water partition coefficient (Wildman–Crippen LogP) is 5.79. The van der Waals surface area contributed by atoms with E-state index in [1.54, 1.807) is 12.1 Å². The van der Waals surface area contributed by atoms with Crippen LogP contribution in [0.5, 0.6) is 11.6 Å². The standard InChI is InChI=1S/C23H28F3N3O3/c1-2-3-14-31-19-9-5-17(6-10-19)28-22(30)29-18-7-11-20(12-8-18)32-21-13-4-16(15-27-21)23(24,25)26/h4-6,9-10,13,15,18,20H,2-3,7-8,11-12,14H2,1H3,(H2,28,29,30). The molecule has 1 aliphatic carbocycles. The number of ether oxygens (including phenoxy) is 2. The van der Waals surface area contributed by atoms with Crippen molar-refractivity contribution in [1.29, 1.82) is 0 Å². The number of unbranched alkanes of at least 4 members (excludes halogenated alkanes) is 1. The van der Waals surface area contributed by atoms with Crippen molar-refractivity contribution in [3.63, 3.8) is 0 Å². The van der Waals surface area contributed by atoms with E-state index >= 15 is 0 Å². The van der Waals surface area contributed by atoms with E-state index in [1.165, 1.54) is 6.07 Å². The van der Waals surface area contributed by atoms with Gasteiger partial charge in [-0.3, -0.25) is 0 Å². The van der Waals surface area contributed by atoms with Crippen molar-refractivity contribution in [2.45, 2.75) is 63.8 Å². The van der Waals surface area contributed by atoms with E-state index in [2.05, 4.69) is 22.5 Å². The van der Waals surface area contributed by atoms with Crippen LogP contribution in [0.2, 0.25) is 0 Å². The van der Waals surface area contributed by atoms with Gasteiger partial charge in [0.15, 0.2) is 0 Å². The minimum absolute atomic E-state index is 0.00654. The van der Waals surface area contributed by atoms with Crippen molar-refractivity contribution < 1.29 is 27.4 Å². The average Bonchev–Trinajstić information content (AvgIpc) is 2.76. The molecule has 2 aromatic rings. The lowest BCUT2D eigenvalue weighted by molar-refractivity contribution is -0.137. The Balaban J connectivity index is 1.38. The van der Waals surface area contributed by atoms with Gasteiger partial charge in [0.05, 0.1) is 12.2 Å². The molecule has 1 heterocycles. The van der Waals surface area contributed by atoms with E-state index in [0.717, 1.165) is 30.9 Å². The zero-order valence-electron chi connectivity index (χ0n) is 18.0. The molecule has 32 heavy (non-hydrogen) atoms. The van der Waals surface area contributed by atoms with Gasteiger partial charge < -0.3 is 20.1 Å². The van der Waals surface area contributed by atoms with Crippen LogP contribution in [0.15, 0.2) is 42.6 Å². The average molecular weight is 451 g/mol. The molecule has 6 nitrogen and oxygen atoms in total. The summed E-state index contributed by atoms with van der Waals surface area (Å²) < 4.78 is 49.1. The van der Waals surface area contributed by atoms with Gasteiger partial charge in [-0.05, 0) is 62.4 Å². The first-order valence-electron chi connectivity index (χ1n) is 10.8. The fraction of sp³-hybridized carbons (Fsp3) is 0.478. The van der Waals surface area contributed by atoms with Crippen LogP contribution in [0.25, 0.3) is 0 Å². The van der Waals surface area contributed by atoms with Gasteiger partial charge in [0.25, 0.3) is 0 Å². The second kappa shape index (κ2) is 11.1. The Morgan fingerprint density at radius 1 is 1.09 bits per heavy atom. The van der Waals surface area contributed by atoms with Crippen LogP contribution in [0.1, 0.15) is 51.0 Å². The second-order valence-corrected chi connectivity index (χ2v) is 7.80. The van der Waals surface area contributed by atoms with Gasteiger partial charge in [-0.15, -0.1) is 0 Å². The molecule has 0 atom stereocenters. The Morgan fingerprint density at radius 2 is 1.81 bits per heavy atom. The number of aromatic nitrogens is 1. The lowest BCUT2D eigenvalue weighted by atomic mass is 9.93. The molecule has 1 fully saturated rings. The number of nitrogens with zero attached hydrogens (tertiary/aromatic N) is 1. The minimum Gasteiger partial charge on any atom is -0.494 e. The summed E-state index contributed by atoms with van der Waals surface area (Å²) in [5.41, 5.74) is -0.127. The highest BCUT2D eigenvalue weighted by atomic mass is 19.4. The Labute approximate surface area is 185 Å². The van der Waals surface area contributed by atoms with Gasteiger partial charge in [0.1, 0.15) is 11.9 Å². The lowest BCUT2D eigenvalue weighted by Gasteiger charge is -2.29. The first kappa shape index (κ1) is 23.7. The molecule has 0 unspecified atom stereocenters. The number of hydrogen-bond acceptors (Lipinski definition) is 4. The van der Waals surface area contributed by atoms with E-state index in [9.17, 15) is 18.0 Å². The van der Waals surface area contributed by atoms with E-state index < -0.39 is 11.7 Å². The number of anilines is 1. The molecule has 174 valence electrons. The van der Waals surface area contributed by atoms with Crippen molar-refractivity contribution >= 4 is 11.7 Å². The number of urea groups is 1. The number of carbonyl (C=O) groups is 1. The first-order chi connectivity index (χ1) is 15.3. The van der Waals surface area contributed by atoms with Crippen molar-refractivity contribution in [1.82, 2.24) is 10.3 Å². The van der Waals surface area contributed by atoms with E-state index in [1.807, 2.05) is 12.1 Å². The number of hydrogen-bond donors (Lipinski definition) is 2. The normalized spacial score (nSPS) is 18.6. The van der Waals surface area contributed by atoms with Crippen LogP contribution >= 0.6 is 0 Å². The highest BCUT2D eigenvalue weighted by Crippen LogP contribution is 2.30. The summed E-state index contributed by atoms with van der Waals surface area (Å²) in [5, 5.41) is 5.77. The van der Waals surface area contributed by atoms with E-state index in [4.69, 9.17) is 9.47 Å². The summed E-state index contributed by atoms with van der Waals surface area (Å²) in [6, 6.07) is 9.16. The molecule has 1 aromatic heterocycles. The zero-order chi connectivity index (χ0) is 23.0. The quantitative estimate of drug-likeness (QED) is 0.498. The van der Waals surface area contributed by atoms with Crippen molar-refractivity contribution in [3.8, 4) is 11.6 Å². The van der Waals surface area contributed by atoms with Crippen LogP contribution in [0, 0.1) is 0 Å². The smallest absolute Gasteiger partial charge is 0.417 e. The molecule has 2 N–H and O–H groups in total. The Hall–Kier alpha value is -2.97. The topological polar surface area (TPSA) is 72.5 Å². The third-order valence-corrected chi connectivity index (χ3v) is 5.24. The number of amides is 2. The number of pyridine rings is 1. The van der Waals surface area contributed by atoms with E-state index in [-0.39, 0.29) is 24.1 Å². The van der Waals surface area contributed by atoms with Crippen LogP contribution < -0.4 is 20.1 Å². The van der Waals surface area contributed by atoms with Crippen LogP contribution in [0.3, 0.4) is 0 Å². The molecule has 0 radical (unpaired) electrons. The lowest BCUT2D eigenvalue weighted by Crippen LogP contribution is -2.41. The summed E-state index contributed by atoms with van der Waals surface area (Å²) in [5.74, 6) is 0.944. The van der Waals surface area contributed by atoms with Crippen LogP contribution in [-0.2, 0) is 6.18 Å². The summed E-state index contributed by atoms with van der Waals surface area (Å²) in [6.45, 7) is 2.77. The molecular weight excluding hydrogens is 423 g/mol. The fourth-order valence-corrected chi connectivity index (χ4v) is 3.43.